The SMILES string of the molecule is CCN1CCCC(NC2CCN(C(C)C)C2)C1. The van der Waals surface area contributed by atoms with Crippen LogP contribution in [0.2, 0.25) is 0 Å². The number of hydrogen-bond acceptors (Lipinski definition) is 3. The Morgan fingerprint density at radius 2 is 1.88 bits per heavy atom. The molecule has 3 nitrogen and oxygen atoms in total. The van der Waals surface area contributed by atoms with Gasteiger partial charge < -0.3 is 10.2 Å². The van der Waals surface area contributed by atoms with Crippen LogP contribution >= 0.6 is 0 Å². The molecule has 17 heavy (non-hydrogen) atoms. The minimum Gasteiger partial charge on any atom is -0.309 e. The predicted octanol–water partition coefficient (Wildman–Crippen LogP) is 1.54. The molecular weight excluding hydrogens is 210 g/mol. The molecule has 0 aromatic heterocycles. The molecule has 100 valence electrons. The third-order valence-corrected chi connectivity index (χ3v) is 4.37. The molecule has 1 N–H and O–H groups in total. The van der Waals surface area contributed by atoms with Crippen LogP contribution in [0.1, 0.15) is 40.0 Å². The van der Waals surface area contributed by atoms with Crippen LogP contribution in [0.3, 0.4) is 0 Å². The quantitative estimate of drug-likeness (QED) is 0.803. The normalized spacial score (nSPS) is 32.5. The van der Waals surface area contributed by atoms with Crippen molar-refractivity contribution in [2.45, 2.75) is 58.2 Å². The van der Waals surface area contributed by atoms with Gasteiger partial charge >= 0.3 is 0 Å². The summed E-state index contributed by atoms with van der Waals surface area (Å²) in [4.78, 5) is 5.18. The topological polar surface area (TPSA) is 18.5 Å². The van der Waals surface area contributed by atoms with Gasteiger partial charge in [0.15, 0.2) is 0 Å². The molecule has 0 spiro atoms. The Morgan fingerprint density at radius 3 is 2.53 bits per heavy atom. The number of rotatable bonds is 4. The van der Waals surface area contributed by atoms with E-state index in [0.717, 1.165) is 12.1 Å². The fourth-order valence-electron chi connectivity index (χ4n) is 3.20. The summed E-state index contributed by atoms with van der Waals surface area (Å²) in [6.45, 7) is 13.2. The van der Waals surface area contributed by atoms with E-state index in [1.54, 1.807) is 0 Å². The van der Waals surface area contributed by atoms with E-state index in [-0.39, 0.29) is 0 Å². The Kier molecular flexibility index (Phi) is 4.83. The zero-order valence-corrected chi connectivity index (χ0v) is 11.8. The van der Waals surface area contributed by atoms with Gasteiger partial charge in [-0.05, 0) is 52.7 Å². The van der Waals surface area contributed by atoms with Gasteiger partial charge in [-0.1, -0.05) is 6.92 Å². The fourth-order valence-corrected chi connectivity index (χ4v) is 3.20. The predicted molar refractivity (Wildman–Crippen MR) is 73.4 cm³/mol. The third kappa shape index (κ3) is 3.67. The average molecular weight is 239 g/mol. The standard InChI is InChI=1S/C14H29N3/c1-4-16-8-5-6-13(10-16)15-14-7-9-17(11-14)12(2)3/h12-15H,4-11H2,1-3H3. The van der Waals surface area contributed by atoms with Crippen molar-refractivity contribution in [1.82, 2.24) is 15.1 Å². The molecule has 2 rings (SSSR count). The maximum atomic E-state index is 3.88. The van der Waals surface area contributed by atoms with E-state index in [1.165, 1.54) is 52.0 Å². The first-order valence-electron chi connectivity index (χ1n) is 7.41. The zero-order chi connectivity index (χ0) is 12.3. The number of hydrogen-bond donors (Lipinski definition) is 1. The molecule has 3 heteroatoms. The summed E-state index contributed by atoms with van der Waals surface area (Å²) in [6, 6.07) is 2.18. The van der Waals surface area contributed by atoms with Gasteiger partial charge in [0, 0.05) is 31.2 Å². The van der Waals surface area contributed by atoms with Gasteiger partial charge in [-0.3, -0.25) is 4.90 Å². The van der Waals surface area contributed by atoms with Crippen molar-refractivity contribution >= 4 is 0 Å². The van der Waals surface area contributed by atoms with Gasteiger partial charge in [0.05, 0.1) is 0 Å². The fraction of sp³-hybridized carbons (Fsp3) is 1.00. The Morgan fingerprint density at radius 1 is 1.12 bits per heavy atom. The van der Waals surface area contributed by atoms with Gasteiger partial charge in [-0.2, -0.15) is 0 Å². The van der Waals surface area contributed by atoms with Crippen LogP contribution < -0.4 is 5.32 Å². The monoisotopic (exact) mass is 239 g/mol. The van der Waals surface area contributed by atoms with Crippen LogP contribution in [0.15, 0.2) is 0 Å². The highest BCUT2D eigenvalue weighted by molar-refractivity contribution is 4.87. The second kappa shape index (κ2) is 6.17. The third-order valence-electron chi connectivity index (χ3n) is 4.37. The van der Waals surface area contributed by atoms with Crippen molar-refractivity contribution in [3.05, 3.63) is 0 Å². The molecule has 0 saturated carbocycles. The van der Waals surface area contributed by atoms with E-state index in [4.69, 9.17) is 0 Å². The molecule has 0 amide bonds. The first kappa shape index (κ1) is 13.3. The summed E-state index contributed by atoms with van der Waals surface area (Å²) in [5, 5.41) is 3.88. The summed E-state index contributed by atoms with van der Waals surface area (Å²) in [5.41, 5.74) is 0. The lowest BCUT2D eigenvalue weighted by molar-refractivity contribution is 0.188. The second-order valence-electron chi connectivity index (χ2n) is 5.97. The lowest BCUT2D eigenvalue weighted by atomic mass is 10.0. The first-order valence-corrected chi connectivity index (χ1v) is 7.41. The van der Waals surface area contributed by atoms with E-state index in [0.29, 0.717) is 6.04 Å². The van der Waals surface area contributed by atoms with Crippen molar-refractivity contribution in [3.63, 3.8) is 0 Å². The zero-order valence-electron chi connectivity index (χ0n) is 11.8. The Balaban J connectivity index is 1.74. The van der Waals surface area contributed by atoms with E-state index in [1.807, 2.05) is 0 Å². The maximum Gasteiger partial charge on any atom is 0.0210 e. The molecule has 0 aliphatic carbocycles. The summed E-state index contributed by atoms with van der Waals surface area (Å²) >= 11 is 0. The van der Waals surface area contributed by atoms with Crippen LogP contribution in [0.25, 0.3) is 0 Å². The molecule has 2 aliphatic heterocycles. The molecule has 2 saturated heterocycles. The van der Waals surface area contributed by atoms with Crippen LogP contribution in [0.4, 0.5) is 0 Å². The van der Waals surface area contributed by atoms with E-state index in [2.05, 4.69) is 35.9 Å². The smallest absolute Gasteiger partial charge is 0.0210 e. The summed E-state index contributed by atoms with van der Waals surface area (Å²) in [7, 11) is 0. The molecule has 2 heterocycles. The molecule has 0 aromatic carbocycles. The van der Waals surface area contributed by atoms with Crippen LogP contribution in [0.5, 0.6) is 0 Å². The Labute approximate surface area is 107 Å². The molecule has 2 atom stereocenters. The number of likely N-dealkylation sites (tertiary alicyclic amines) is 2. The number of nitrogens with one attached hydrogen (secondary N) is 1. The van der Waals surface area contributed by atoms with Gasteiger partial charge in [-0.25, -0.2) is 0 Å². The second-order valence-corrected chi connectivity index (χ2v) is 5.97. The van der Waals surface area contributed by atoms with E-state index in [9.17, 15) is 0 Å². The van der Waals surface area contributed by atoms with Crippen molar-refractivity contribution < 1.29 is 0 Å². The highest BCUT2D eigenvalue weighted by Gasteiger charge is 2.27. The van der Waals surface area contributed by atoms with Crippen molar-refractivity contribution in [1.29, 1.82) is 0 Å². The summed E-state index contributed by atoms with van der Waals surface area (Å²) < 4.78 is 0. The van der Waals surface area contributed by atoms with Gasteiger partial charge in [0.2, 0.25) is 0 Å². The van der Waals surface area contributed by atoms with Gasteiger partial charge in [0.25, 0.3) is 0 Å². The summed E-state index contributed by atoms with van der Waals surface area (Å²) in [5.74, 6) is 0. The molecule has 0 radical (unpaired) electrons. The van der Waals surface area contributed by atoms with Crippen molar-refractivity contribution in [2.24, 2.45) is 0 Å². The Hall–Kier alpha value is -0.120. The van der Waals surface area contributed by atoms with Crippen molar-refractivity contribution in [2.75, 3.05) is 32.7 Å². The molecule has 2 fully saturated rings. The number of likely N-dealkylation sites (N-methyl/N-ethyl adjacent to an activating group) is 1. The maximum absolute atomic E-state index is 3.88. The van der Waals surface area contributed by atoms with Crippen LogP contribution in [-0.2, 0) is 0 Å². The van der Waals surface area contributed by atoms with Crippen molar-refractivity contribution in [3.8, 4) is 0 Å². The Bertz CT molecular complexity index is 230. The molecule has 2 unspecified atom stereocenters. The van der Waals surface area contributed by atoms with Crippen LogP contribution in [-0.4, -0.2) is 60.6 Å². The highest BCUT2D eigenvalue weighted by atomic mass is 15.2. The van der Waals surface area contributed by atoms with E-state index < -0.39 is 0 Å². The van der Waals surface area contributed by atoms with Crippen LogP contribution in [0, 0.1) is 0 Å². The lowest BCUT2D eigenvalue weighted by Gasteiger charge is -2.34. The van der Waals surface area contributed by atoms with Gasteiger partial charge in [-0.15, -0.1) is 0 Å². The average Bonchev–Trinajstić information content (AvgIpc) is 2.78. The van der Waals surface area contributed by atoms with E-state index >= 15 is 0 Å². The number of piperidine rings is 1. The molecular formula is C14H29N3. The number of nitrogens with zero attached hydrogens (tertiary/aromatic N) is 2. The lowest BCUT2D eigenvalue weighted by Crippen LogP contribution is -2.49. The minimum atomic E-state index is 0.709. The summed E-state index contributed by atoms with van der Waals surface area (Å²) in [6.07, 6.45) is 4.07. The molecule has 2 aliphatic rings. The molecule has 0 aromatic rings. The highest BCUT2D eigenvalue weighted by Crippen LogP contribution is 2.16. The molecule has 0 bridgehead atoms. The minimum absolute atomic E-state index is 0.709. The largest absolute Gasteiger partial charge is 0.309 e. The first-order chi connectivity index (χ1) is 8.19. The van der Waals surface area contributed by atoms with Gasteiger partial charge in [0.1, 0.15) is 0 Å².